The quantitative estimate of drug-likeness (QED) is 0.631. The van der Waals surface area contributed by atoms with E-state index in [-0.39, 0.29) is 24.1 Å². The maximum Gasteiger partial charge on any atom is 0.221 e. The molecule has 5 nitrogen and oxygen atoms in total. The minimum absolute atomic E-state index is 0.0361. The first-order valence-corrected chi connectivity index (χ1v) is 9.38. The minimum Gasteiger partial charge on any atom is -0.436 e. The topological polar surface area (TPSA) is 56.2 Å². The highest BCUT2D eigenvalue weighted by Gasteiger charge is 2.21. The van der Waals surface area contributed by atoms with E-state index in [9.17, 15) is 13.6 Å². The molecule has 7 heteroatoms. The van der Waals surface area contributed by atoms with Crippen molar-refractivity contribution < 1.29 is 18.3 Å². The molecule has 1 aromatic heterocycles. The summed E-state index contributed by atoms with van der Waals surface area (Å²) in [7, 11) is 1.68. The molecule has 0 aliphatic carbocycles. The smallest absolute Gasteiger partial charge is 0.221 e. The number of hydrogen-bond donors (Lipinski definition) is 1. The van der Waals surface area contributed by atoms with Crippen LogP contribution in [0.3, 0.4) is 0 Å². The van der Waals surface area contributed by atoms with Crippen LogP contribution in [-0.2, 0) is 18.3 Å². The first-order valence-electron chi connectivity index (χ1n) is 9.38. The number of aryl methyl sites for hydroxylation is 1. The minimum atomic E-state index is -0.809. The average molecular weight is 399 g/mol. The summed E-state index contributed by atoms with van der Waals surface area (Å²) in [5.41, 5.74) is 2.20. The van der Waals surface area contributed by atoms with E-state index < -0.39 is 11.6 Å². The molecule has 1 amide bonds. The zero-order valence-electron chi connectivity index (χ0n) is 16.6. The Morgan fingerprint density at radius 3 is 2.55 bits per heavy atom. The zero-order valence-corrected chi connectivity index (χ0v) is 16.6. The molecular formula is C22H23F2N3O2. The van der Waals surface area contributed by atoms with E-state index >= 15 is 0 Å². The van der Waals surface area contributed by atoms with Gasteiger partial charge in [0.05, 0.1) is 5.69 Å². The number of carbonyl (C=O) groups excluding carboxylic acids is 1. The maximum atomic E-state index is 14.1. The van der Waals surface area contributed by atoms with Gasteiger partial charge >= 0.3 is 0 Å². The van der Waals surface area contributed by atoms with Crippen LogP contribution in [0.5, 0.6) is 11.6 Å². The number of nitrogens with one attached hydrogen (secondary N) is 1. The predicted molar refractivity (Wildman–Crippen MR) is 107 cm³/mol. The maximum absolute atomic E-state index is 14.1. The van der Waals surface area contributed by atoms with Gasteiger partial charge in [-0.05, 0) is 32.4 Å². The van der Waals surface area contributed by atoms with Gasteiger partial charge < -0.3 is 10.1 Å². The molecule has 0 fully saturated rings. The molecule has 0 bridgehead atoms. The summed E-state index contributed by atoms with van der Waals surface area (Å²) in [4.78, 5) is 12.2. The molecule has 3 rings (SSSR count). The number of aromatic nitrogens is 2. The van der Waals surface area contributed by atoms with Gasteiger partial charge in [0.1, 0.15) is 5.82 Å². The number of hydrogen-bond acceptors (Lipinski definition) is 3. The van der Waals surface area contributed by atoms with Gasteiger partial charge in [-0.15, -0.1) is 0 Å². The summed E-state index contributed by atoms with van der Waals surface area (Å²) < 4.78 is 34.6. The number of amides is 1. The Labute approximate surface area is 168 Å². The highest BCUT2D eigenvalue weighted by molar-refractivity contribution is 5.77. The van der Waals surface area contributed by atoms with E-state index in [0.29, 0.717) is 23.6 Å². The van der Waals surface area contributed by atoms with Crippen LogP contribution in [0.25, 0.3) is 11.3 Å². The lowest BCUT2D eigenvalue weighted by atomic mass is 10.0. The van der Waals surface area contributed by atoms with E-state index in [1.54, 1.807) is 7.05 Å². The molecule has 0 aliphatic heterocycles. The van der Waals surface area contributed by atoms with Crippen molar-refractivity contribution in [2.45, 2.75) is 32.7 Å². The standard InChI is InChI=1S/C22H23F2N3O2/c1-14(2)25-20(28)12-10-17-21(15-7-5-4-6-8-15)26-27(3)22(17)29-19-11-9-16(23)13-18(19)24/h4-9,11,13-14H,10,12H2,1-3H3,(H,25,28). The van der Waals surface area contributed by atoms with Gasteiger partial charge in [0, 0.05) is 36.7 Å². The average Bonchev–Trinajstić information content (AvgIpc) is 2.98. The van der Waals surface area contributed by atoms with Gasteiger partial charge in [-0.2, -0.15) is 5.10 Å². The van der Waals surface area contributed by atoms with Crippen molar-refractivity contribution in [2.24, 2.45) is 7.05 Å². The molecule has 2 aromatic carbocycles. The molecule has 0 spiro atoms. The largest absolute Gasteiger partial charge is 0.436 e. The van der Waals surface area contributed by atoms with E-state index in [0.717, 1.165) is 17.7 Å². The van der Waals surface area contributed by atoms with E-state index in [4.69, 9.17) is 4.74 Å². The first-order chi connectivity index (χ1) is 13.8. The lowest BCUT2D eigenvalue weighted by Crippen LogP contribution is -2.30. The highest BCUT2D eigenvalue weighted by Crippen LogP contribution is 2.34. The van der Waals surface area contributed by atoms with Crippen LogP contribution in [-0.4, -0.2) is 21.7 Å². The van der Waals surface area contributed by atoms with Crippen LogP contribution in [0, 0.1) is 11.6 Å². The lowest BCUT2D eigenvalue weighted by molar-refractivity contribution is -0.121. The second-order valence-corrected chi connectivity index (χ2v) is 7.02. The van der Waals surface area contributed by atoms with Crippen LogP contribution in [0.4, 0.5) is 8.78 Å². The molecule has 1 heterocycles. The first kappa shape index (κ1) is 20.5. The SMILES string of the molecule is CC(C)NC(=O)CCc1c(-c2ccccc2)nn(C)c1Oc1ccc(F)cc1F. The summed E-state index contributed by atoms with van der Waals surface area (Å²) in [6, 6.07) is 12.6. The third-order valence-corrected chi connectivity index (χ3v) is 4.29. The van der Waals surface area contributed by atoms with Gasteiger partial charge in [0.15, 0.2) is 11.6 Å². The van der Waals surface area contributed by atoms with Crippen LogP contribution < -0.4 is 10.1 Å². The molecule has 3 aromatic rings. The third-order valence-electron chi connectivity index (χ3n) is 4.29. The summed E-state index contributed by atoms with van der Waals surface area (Å²) in [5.74, 6) is -1.39. The molecule has 0 aliphatic rings. The zero-order chi connectivity index (χ0) is 21.0. The molecule has 29 heavy (non-hydrogen) atoms. The van der Waals surface area contributed by atoms with Crippen LogP contribution >= 0.6 is 0 Å². The predicted octanol–water partition coefficient (Wildman–Crippen LogP) is 4.61. The van der Waals surface area contributed by atoms with Crippen molar-refractivity contribution in [1.29, 1.82) is 0 Å². The molecule has 0 atom stereocenters. The Balaban J connectivity index is 1.98. The van der Waals surface area contributed by atoms with Crippen molar-refractivity contribution in [1.82, 2.24) is 15.1 Å². The van der Waals surface area contributed by atoms with E-state index in [2.05, 4.69) is 10.4 Å². The van der Waals surface area contributed by atoms with Crippen molar-refractivity contribution in [3.63, 3.8) is 0 Å². The fourth-order valence-electron chi connectivity index (χ4n) is 3.03. The van der Waals surface area contributed by atoms with Gasteiger partial charge in [0.2, 0.25) is 11.8 Å². The fourth-order valence-corrected chi connectivity index (χ4v) is 3.03. The van der Waals surface area contributed by atoms with Gasteiger partial charge in [-0.3, -0.25) is 4.79 Å². The fraction of sp³-hybridized carbons (Fsp3) is 0.273. The molecular weight excluding hydrogens is 376 g/mol. The molecule has 0 saturated heterocycles. The number of ether oxygens (including phenoxy) is 1. The van der Waals surface area contributed by atoms with E-state index in [1.807, 2.05) is 44.2 Å². The number of halogens is 2. The summed E-state index contributed by atoms with van der Waals surface area (Å²) in [6.07, 6.45) is 0.584. The van der Waals surface area contributed by atoms with Crippen molar-refractivity contribution in [3.05, 3.63) is 65.7 Å². The van der Waals surface area contributed by atoms with Gasteiger partial charge in [-0.1, -0.05) is 30.3 Å². The van der Waals surface area contributed by atoms with Crippen LogP contribution in [0.15, 0.2) is 48.5 Å². The number of rotatable bonds is 7. The highest BCUT2D eigenvalue weighted by atomic mass is 19.1. The Morgan fingerprint density at radius 2 is 1.90 bits per heavy atom. The van der Waals surface area contributed by atoms with Crippen LogP contribution in [0.1, 0.15) is 25.8 Å². The van der Waals surface area contributed by atoms with Crippen molar-refractivity contribution in [2.75, 3.05) is 0 Å². The molecule has 0 saturated carbocycles. The van der Waals surface area contributed by atoms with Gasteiger partial charge in [0.25, 0.3) is 0 Å². The molecule has 0 radical (unpaired) electrons. The number of benzene rings is 2. The van der Waals surface area contributed by atoms with E-state index in [1.165, 1.54) is 10.7 Å². The Kier molecular flexibility index (Phi) is 6.26. The van der Waals surface area contributed by atoms with Gasteiger partial charge in [-0.25, -0.2) is 13.5 Å². The number of carbonyl (C=O) groups is 1. The monoisotopic (exact) mass is 399 g/mol. The summed E-state index contributed by atoms with van der Waals surface area (Å²) >= 11 is 0. The molecule has 1 N–H and O–H groups in total. The normalized spacial score (nSPS) is 11.0. The van der Waals surface area contributed by atoms with Crippen molar-refractivity contribution >= 4 is 5.91 Å². The van der Waals surface area contributed by atoms with Crippen LogP contribution in [0.2, 0.25) is 0 Å². The second-order valence-electron chi connectivity index (χ2n) is 7.02. The summed E-state index contributed by atoms with van der Waals surface area (Å²) in [6.45, 7) is 3.78. The Morgan fingerprint density at radius 1 is 1.17 bits per heavy atom. The molecule has 0 unspecified atom stereocenters. The summed E-state index contributed by atoms with van der Waals surface area (Å²) in [5, 5.41) is 7.38. The Bertz CT molecular complexity index is 1000. The lowest BCUT2D eigenvalue weighted by Gasteiger charge is -2.11. The van der Waals surface area contributed by atoms with Crippen molar-refractivity contribution in [3.8, 4) is 22.9 Å². The second kappa shape index (κ2) is 8.86. The Hall–Kier alpha value is -3.22. The number of nitrogens with zero attached hydrogens (tertiary/aromatic N) is 2. The third kappa shape index (κ3) is 4.99. The molecule has 152 valence electrons.